The highest BCUT2D eigenvalue weighted by Crippen LogP contribution is 2.23. The molecule has 0 aliphatic rings. The van der Waals surface area contributed by atoms with Crippen molar-refractivity contribution in [2.75, 3.05) is 26.2 Å². The molecule has 2 heteroatoms. The fraction of sp³-hybridized carbons (Fsp3) is 1.00. The van der Waals surface area contributed by atoms with Crippen molar-refractivity contribution in [3.05, 3.63) is 0 Å². The average Bonchev–Trinajstić information content (AvgIpc) is 2.35. The molecule has 0 fully saturated rings. The van der Waals surface area contributed by atoms with Crippen LogP contribution in [0.3, 0.4) is 0 Å². The zero-order valence-corrected chi connectivity index (χ0v) is 13.7. The van der Waals surface area contributed by atoms with E-state index in [1.165, 1.54) is 38.8 Å². The van der Waals surface area contributed by atoms with Gasteiger partial charge in [-0.15, -0.1) is 0 Å². The Balaban J connectivity index is 4.33. The number of hydrogen-bond donors (Lipinski definition) is 1. The minimum atomic E-state index is 0.409. The van der Waals surface area contributed by atoms with Gasteiger partial charge in [-0.05, 0) is 45.2 Å². The topological polar surface area (TPSA) is 15.3 Å². The molecule has 0 saturated heterocycles. The normalized spacial score (nSPS) is 15.3. The first-order chi connectivity index (χ1) is 8.49. The van der Waals surface area contributed by atoms with Crippen LogP contribution >= 0.6 is 0 Å². The standard InChI is InChI=1S/C16H36N2/c1-7-10-11-12-18(15(4)5)14-16(6,8-2)13-17-9-3/h15,17H,7-14H2,1-6H3. The molecule has 2 nitrogen and oxygen atoms in total. The largest absolute Gasteiger partial charge is 0.316 e. The molecular weight excluding hydrogens is 220 g/mol. The fourth-order valence-corrected chi connectivity index (χ4v) is 2.29. The van der Waals surface area contributed by atoms with Gasteiger partial charge in [0.05, 0.1) is 0 Å². The predicted octanol–water partition coefficient (Wildman–Crippen LogP) is 3.91. The summed E-state index contributed by atoms with van der Waals surface area (Å²) in [6.45, 7) is 18.6. The van der Waals surface area contributed by atoms with Gasteiger partial charge in [0.15, 0.2) is 0 Å². The fourth-order valence-electron chi connectivity index (χ4n) is 2.29. The second kappa shape index (κ2) is 9.80. The van der Waals surface area contributed by atoms with Crippen LogP contribution in [0.1, 0.15) is 67.2 Å². The Morgan fingerprint density at radius 3 is 2.22 bits per heavy atom. The van der Waals surface area contributed by atoms with Crippen molar-refractivity contribution in [2.24, 2.45) is 5.41 Å². The Hall–Kier alpha value is -0.0800. The van der Waals surface area contributed by atoms with Crippen molar-refractivity contribution in [3.63, 3.8) is 0 Å². The molecule has 1 unspecified atom stereocenters. The molecule has 0 aromatic heterocycles. The number of nitrogens with zero attached hydrogens (tertiary/aromatic N) is 1. The van der Waals surface area contributed by atoms with Crippen LogP contribution in [0.25, 0.3) is 0 Å². The van der Waals surface area contributed by atoms with Gasteiger partial charge in [-0.25, -0.2) is 0 Å². The van der Waals surface area contributed by atoms with Gasteiger partial charge in [0.25, 0.3) is 0 Å². The van der Waals surface area contributed by atoms with Crippen LogP contribution in [0, 0.1) is 5.41 Å². The third kappa shape index (κ3) is 7.38. The van der Waals surface area contributed by atoms with Crippen molar-refractivity contribution in [1.82, 2.24) is 10.2 Å². The third-order valence-corrected chi connectivity index (χ3v) is 4.02. The van der Waals surface area contributed by atoms with E-state index in [0.29, 0.717) is 11.5 Å². The molecule has 0 aliphatic carbocycles. The van der Waals surface area contributed by atoms with Gasteiger partial charge >= 0.3 is 0 Å². The van der Waals surface area contributed by atoms with Gasteiger partial charge in [0.2, 0.25) is 0 Å². The highest BCUT2D eigenvalue weighted by Gasteiger charge is 2.25. The first-order valence-electron chi connectivity index (χ1n) is 7.93. The zero-order valence-electron chi connectivity index (χ0n) is 13.7. The molecule has 110 valence electrons. The summed E-state index contributed by atoms with van der Waals surface area (Å²) in [7, 11) is 0. The summed E-state index contributed by atoms with van der Waals surface area (Å²) in [5.74, 6) is 0. The van der Waals surface area contributed by atoms with Crippen molar-refractivity contribution >= 4 is 0 Å². The van der Waals surface area contributed by atoms with E-state index in [-0.39, 0.29) is 0 Å². The molecular formula is C16H36N2. The monoisotopic (exact) mass is 256 g/mol. The first kappa shape index (κ1) is 17.9. The Morgan fingerprint density at radius 1 is 1.11 bits per heavy atom. The second-order valence-corrected chi connectivity index (χ2v) is 6.22. The molecule has 0 aromatic carbocycles. The highest BCUT2D eigenvalue weighted by atomic mass is 15.2. The Labute approximate surface area is 116 Å². The number of hydrogen-bond acceptors (Lipinski definition) is 2. The smallest absolute Gasteiger partial charge is 0.00501 e. The van der Waals surface area contributed by atoms with E-state index in [4.69, 9.17) is 0 Å². The third-order valence-electron chi connectivity index (χ3n) is 4.02. The molecule has 0 rings (SSSR count). The van der Waals surface area contributed by atoms with E-state index in [1.54, 1.807) is 0 Å². The summed E-state index contributed by atoms with van der Waals surface area (Å²) in [5.41, 5.74) is 0.409. The molecule has 1 N–H and O–H groups in total. The molecule has 1 atom stereocenters. The lowest BCUT2D eigenvalue weighted by molar-refractivity contribution is 0.125. The molecule has 0 bridgehead atoms. The van der Waals surface area contributed by atoms with Gasteiger partial charge in [0, 0.05) is 19.1 Å². The average molecular weight is 256 g/mol. The van der Waals surface area contributed by atoms with Crippen molar-refractivity contribution in [3.8, 4) is 0 Å². The van der Waals surface area contributed by atoms with Crippen molar-refractivity contribution < 1.29 is 0 Å². The summed E-state index contributed by atoms with van der Waals surface area (Å²) in [4.78, 5) is 2.66. The zero-order chi connectivity index (χ0) is 14.0. The molecule has 18 heavy (non-hydrogen) atoms. The highest BCUT2D eigenvalue weighted by molar-refractivity contribution is 4.81. The van der Waals surface area contributed by atoms with Crippen LogP contribution in [0.15, 0.2) is 0 Å². The summed E-state index contributed by atoms with van der Waals surface area (Å²) in [6.07, 6.45) is 5.26. The second-order valence-electron chi connectivity index (χ2n) is 6.22. The molecule has 0 heterocycles. The maximum Gasteiger partial charge on any atom is 0.00501 e. The van der Waals surface area contributed by atoms with Crippen molar-refractivity contribution in [1.29, 1.82) is 0 Å². The van der Waals surface area contributed by atoms with Gasteiger partial charge in [0.1, 0.15) is 0 Å². The van der Waals surface area contributed by atoms with Crippen LogP contribution < -0.4 is 5.32 Å². The maximum absolute atomic E-state index is 3.52. The SMILES string of the molecule is CCCCCN(CC(C)(CC)CNCC)C(C)C. The van der Waals surface area contributed by atoms with Gasteiger partial charge < -0.3 is 10.2 Å². The lowest BCUT2D eigenvalue weighted by Crippen LogP contribution is -2.45. The summed E-state index contributed by atoms with van der Waals surface area (Å²) in [6, 6.07) is 0.661. The number of rotatable bonds is 11. The van der Waals surface area contributed by atoms with E-state index >= 15 is 0 Å². The lowest BCUT2D eigenvalue weighted by atomic mass is 9.86. The predicted molar refractivity (Wildman–Crippen MR) is 83.2 cm³/mol. The molecule has 0 aromatic rings. The van der Waals surface area contributed by atoms with E-state index in [9.17, 15) is 0 Å². The molecule has 0 aliphatic heterocycles. The Kier molecular flexibility index (Phi) is 9.76. The lowest BCUT2D eigenvalue weighted by Gasteiger charge is -2.37. The van der Waals surface area contributed by atoms with Crippen LogP contribution in [0.5, 0.6) is 0 Å². The quantitative estimate of drug-likeness (QED) is 0.564. The van der Waals surface area contributed by atoms with Gasteiger partial charge in [-0.2, -0.15) is 0 Å². The van der Waals surface area contributed by atoms with E-state index in [0.717, 1.165) is 13.1 Å². The van der Waals surface area contributed by atoms with E-state index in [2.05, 4.69) is 51.8 Å². The Morgan fingerprint density at radius 2 is 1.78 bits per heavy atom. The summed E-state index contributed by atoms with van der Waals surface area (Å²) >= 11 is 0. The van der Waals surface area contributed by atoms with Crippen molar-refractivity contribution in [2.45, 2.75) is 73.3 Å². The maximum atomic E-state index is 3.52. The van der Waals surface area contributed by atoms with E-state index in [1.807, 2.05) is 0 Å². The van der Waals surface area contributed by atoms with Crippen LogP contribution in [0.2, 0.25) is 0 Å². The van der Waals surface area contributed by atoms with Crippen LogP contribution in [-0.4, -0.2) is 37.1 Å². The van der Waals surface area contributed by atoms with Gasteiger partial charge in [-0.3, -0.25) is 0 Å². The minimum absolute atomic E-state index is 0.409. The minimum Gasteiger partial charge on any atom is -0.316 e. The summed E-state index contributed by atoms with van der Waals surface area (Å²) in [5, 5.41) is 3.52. The number of unbranched alkanes of at least 4 members (excludes halogenated alkanes) is 2. The molecule has 0 saturated carbocycles. The molecule has 0 amide bonds. The molecule has 0 radical (unpaired) electrons. The summed E-state index contributed by atoms with van der Waals surface area (Å²) < 4.78 is 0. The molecule has 0 spiro atoms. The first-order valence-corrected chi connectivity index (χ1v) is 7.93. The Bertz CT molecular complexity index is 192. The van der Waals surface area contributed by atoms with Gasteiger partial charge in [-0.1, -0.05) is 40.5 Å². The van der Waals surface area contributed by atoms with E-state index < -0.39 is 0 Å². The van der Waals surface area contributed by atoms with Crippen LogP contribution in [-0.2, 0) is 0 Å². The number of nitrogens with one attached hydrogen (secondary N) is 1. The van der Waals surface area contributed by atoms with Crippen LogP contribution in [0.4, 0.5) is 0 Å².